The Morgan fingerprint density at radius 2 is 1.83 bits per heavy atom. The number of benzene rings is 1. The van der Waals surface area contributed by atoms with Gasteiger partial charge in [-0.25, -0.2) is 0 Å². The maximum absolute atomic E-state index is 5.32. The van der Waals surface area contributed by atoms with Crippen LogP contribution in [0, 0.1) is 0 Å². The zero-order chi connectivity index (χ0) is 13.5. The Hall–Kier alpha value is -0.870. The number of hydrogen-bond donors (Lipinski definition) is 1. The molecule has 2 unspecified atom stereocenters. The lowest BCUT2D eigenvalue weighted by Crippen LogP contribution is -2.30. The minimum absolute atomic E-state index is 0.298. The maximum atomic E-state index is 5.32. The number of hydrogen-bond acceptors (Lipinski definition) is 4. The lowest BCUT2D eigenvalue weighted by Gasteiger charge is -2.20. The molecule has 0 spiro atoms. The van der Waals surface area contributed by atoms with Crippen LogP contribution in [0.1, 0.15) is 25.5 Å². The lowest BCUT2D eigenvalue weighted by molar-refractivity contribution is 0.353. The van der Waals surface area contributed by atoms with Gasteiger partial charge in [0, 0.05) is 17.8 Å². The number of methoxy groups -OCH3 is 2. The van der Waals surface area contributed by atoms with E-state index in [2.05, 4.69) is 31.5 Å². The molecule has 3 nitrogen and oxygen atoms in total. The Kier molecular flexibility index (Phi) is 6.36. The van der Waals surface area contributed by atoms with Gasteiger partial charge in [0.25, 0.3) is 0 Å². The summed E-state index contributed by atoms with van der Waals surface area (Å²) >= 11 is 1.85. The second kappa shape index (κ2) is 7.54. The monoisotopic (exact) mass is 269 g/mol. The topological polar surface area (TPSA) is 30.5 Å². The first-order valence-electron chi connectivity index (χ1n) is 6.09. The third-order valence-corrected chi connectivity index (χ3v) is 3.69. The van der Waals surface area contributed by atoms with E-state index in [-0.39, 0.29) is 0 Å². The van der Waals surface area contributed by atoms with E-state index in [0.29, 0.717) is 12.1 Å². The fourth-order valence-corrected chi connectivity index (χ4v) is 2.54. The minimum Gasteiger partial charge on any atom is -0.493 e. The van der Waals surface area contributed by atoms with Crippen LogP contribution in [0.25, 0.3) is 0 Å². The minimum atomic E-state index is 0.298. The molecular weight excluding hydrogens is 246 g/mol. The van der Waals surface area contributed by atoms with Crippen molar-refractivity contribution in [3.05, 3.63) is 23.8 Å². The average Bonchev–Trinajstić information content (AvgIpc) is 2.38. The Balaban J connectivity index is 2.76. The van der Waals surface area contributed by atoms with Gasteiger partial charge in [-0.3, -0.25) is 0 Å². The summed E-state index contributed by atoms with van der Waals surface area (Å²) in [5.41, 5.74) is 1.21. The predicted octanol–water partition coefficient (Wildman–Crippen LogP) is 3.11. The Morgan fingerprint density at radius 1 is 1.17 bits per heavy atom. The van der Waals surface area contributed by atoms with Gasteiger partial charge in [-0.1, -0.05) is 6.07 Å². The van der Waals surface area contributed by atoms with Crippen LogP contribution >= 0.6 is 11.8 Å². The van der Waals surface area contributed by atoms with E-state index >= 15 is 0 Å². The van der Waals surface area contributed by atoms with Gasteiger partial charge >= 0.3 is 0 Å². The molecule has 0 saturated carbocycles. The summed E-state index contributed by atoms with van der Waals surface area (Å²) in [5.74, 6) is 2.66. The Bertz CT molecular complexity index is 371. The molecule has 2 atom stereocenters. The second-order valence-corrected chi connectivity index (χ2v) is 5.27. The Morgan fingerprint density at radius 3 is 2.39 bits per heavy atom. The zero-order valence-corrected chi connectivity index (χ0v) is 12.6. The quantitative estimate of drug-likeness (QED) is 0.824. The fraction of sp³-hybridized carbons (Fsp3) is 0.571. The van der Waals surface area contributed by atoms with Crippen LogP contribution in [0.3, 0.4) is 0 Å². The fourth-order valence-electron chi connectivity index (χ4n) is 1.94. The number of nitrogens with one attached hydrogen (secondary N) is 1. The van der Waals surface area contributed by atoms with Crippen LogP contribution in [0.15, 0.2) is 18.2 Å². The predicted molar refractivity (Wildman–Crippen MR) is 78.9 cm³/mol. The summed E-state index contributed by atoms with van der Waals surface area (Å²) in [6.45, 7) is 4.37. The van der Waals surface area contributed by atoms with Gasteiger partial charge in [-0.2, -0.15) is 11.8 Å². The lowest BCUT2D eigenvalue weighted by atomic mass is 10.1. The van der Waals surface area contributed by atoms with Crippen molar-refractivity contribution in [3.63, 3.8) is 0 Å². The molecule has 1 rings (SSSR count). The van der Waals surface area contributed by atoms with Gasteiger partial charge in [-0.05, 0) is 37.8 Å². The summed E-state index contributed by atoms with van der Waals surface area (Å²) in [7, 11) is 3.32. The number of ether oxygens (including phenoxy) is 2. The molecule has 18 heavy (non-hydrogen) atoms. The summed E-state index contributed by atoms with van der Waals surface area (Å²) in [4.78, 5) is 0. The Labute approximate surface area is 114 Å². The molecule has 0 aliphatic carbocycles. The van der Waals surface area contributed by atoms with E-state index in [9.17, 15) is 0 Å². The van der Waals surface area contributed by atoms with Crippen LogP contribution < -0.4 is 14.8 Å². The molecule has 0 saturated heterocycles. The van der Waals surface area contributed by atoms with E-state index in [1.807, 2.05) is 23.9 Å². The van der Waals surface area contributed by atoms with Crippen molar-refractivity contribution in [2.24, 2.45) is 0 Å². The van der Waals surface area contributed by atoms with Crippen molar-refractivity contribution < 1.29 is 9.47 Å². The molecule has 4 heteroatoms. The highest BCUT2D eigenvalue weighted by Crippen LogP contribution is 2.29. The highest BCUT2D eigenvalue weighted by Gasteiger charge is 2.12. The smallest absolute Gasteiger partial charge is 0.161 e. The first-order valence-corrected chi connectivity index (χ1v) is 7.48. The molecule has 1 N–H and O–H groups in total. The molecule has 0 fully saturated rings. The standard InChI is InChI=1S/C14H23NO2S/c1-10(9-18-5)15-11(2)12-6-7-13(16-3)14(8-12)17-4/h6-8,10-11,15H,9H2,1-5H3. The van der Waals surface area contributed by atoms with E-state index in [1.54, 1.807) is 14.2 Å². The average molecular weight is 269 g/mol. The van der Waals surface area contributed by atoms with Gasteiger partial charge in [0.05, 0.1) is 14.2 Å². The summed E-state index contributed by atoms with van der Waals surface area (Å²) < 4.78 is 10.6. The van der Waals surface area contributed by atoms with E-state index in [4.69, 9.17) is 9.47 Å². The second-order valence-electron chi connectivity index (χ2n) is 4.36. The molecule has 0 amide bonds. The maximum Gasteiger partial charge on any atom is 0.161 e. The van der Waals surface area contributed by atoms with Crippen LogP contribution in [-0.4, -0.2) is 32.3 Å². The van der Waals surface area contributed by atoms with Crippen LogP contribution in [0.4, 0.5) is 0 Å². The van der Waals surface area contributed by atoms with Crippen molar-refractivity contribution in [1.29, 1.82) is 0 Å². The van der Waals surface area contributed by atoms with Crippen molar-refractivity contribution in [2.45, 2.75) is 25.9 Å². The normalized spacial score (nSPS) is 14.1. The molecular formula is C14H23NO2S. The number of thioether (sulfide) groups is 1. The molecule has 1 aromatic carbocycles. The summed E-state index contributed by atoms with van der Waals surface area (Å²) in [5, 5.41) is 3.57. The summed E-state index contributed by atoms with van der Waals surface area (Å²) in [6.07, 6.45) is 2.12. The van der Waals surface area contributed by atoms with Gasteiger partial charge in [0.2, 0.25) is 0 Å². The highest BCUT2D eigenvalue weighted by atomic mass is 32.2. The molecule has 0 aromatic heterocycles. The van der Waals surface area contributed by atoms with Gasteiger partial charge in [0.15, 0.2) is 11.5 Å². The third kappa shape index (κ3) is 4.10. The molecule has 1 aromatic rings. The highest BCUT2D eigenvalue weighted by molar-refractivity contribution is 7.98. The third-order valence-electron chi connectivity index (χ3n) is 2.86. The van der Waals surface area contributed by atoms with E-state index < -0.39 is 0 Å². The van der Waals surface area contributed by atoms with Gasteiger partial charge in [0.1, 0.15) is 0 Å². The van der Waals surface area contributed by atoms with Gasteiger partial charge < -0.3 is 14.8 Å². The molecule has 0 radical (unpaired) electrons. The SMILES string of the molecule is COc1ccc(C(C)NC(C)CSC)cc1OC. The molecule has 102 valence electrons. The summed E-state index contributed by atoms with van der Waals surface area (Å²) in [6, 6.07) is 6.84. The molecule has 0 aliphatic heterocycles. The first kappa shape index (κ1) is 15.2. The molecule has 0 heterocycles. The van der Waals surface area contributed by atoms with Crippen molar-refractivity contribution in [3.8, 4) is 11.5 Å². The van der Waals surface area contributed by atoms with Crippen molar-refractivity contribution in [1.82, 2.24) is 5.32 Å². The van der Waals surface area contributed by atoms with E-state index in [0.717, 1.165) is 17.3 Å². The molecule has 0 aliphatic rings. The number of rotatable bonds is 7. The van der Waals surface area contributed by atoms with Crippen LogP contribution in [0.2, 0.25) is 0 Å². The molecule has 0 bridgehead atoms. The zero-order valence-electron chi connectivity index (χ0n) is 11.8. The largest absolute Gasteiger partial charge is 0.493 e. The first-order chi connectivity index (χ1) is 8.62. The van der Waals surface area contributed by atoms with Crippen LogP contribution in [0.5, 0.6) is 11.5 Å². The van der Waals surface area contributed by atoms with Crippen molar-refractivity contribution in [2.75, 3.05) is 26.2 Å². The van der Waals surface area contributed by atoms with Crippen LogP contribution in [-0.2, 0) is 0 Å². The van der Waals surface area contributed by atoms with Gasteiger partial charge in [-0.15, -0.1) is 0 Å². The van der Waals surface area contributed by atoms with Crippen molar-refractivity contribution >= 4 is 11.8 Å². The van der Waals surface area contributed by atoms with E-state index in [1.165, 1.54) is 5.56 Å².